The molecule has 92 valence electrons. The van der Waals surface area contributed by atoms with Crippen molar-refractivity contribution in [1.29, 1.82) is 0 Å². The summed E-state index contributed by atoms with van der Waals surface area (Å²) < 4.78 is 0. The maximum absolute atomic E-state index is 10.3. The van der Waals surface area contributed by atoms with E-state index in [0.717, 1.165) is 41.9 Å². The molecule has 2 nitrogen and oxygen atoms in total. The van der Waals surface area contributed by atoms with Crippen molar-refractivity contribution in [3.8, 4) is 0 Å². The molecule has 0 amide bonds. The number of hydrogen-bond donors (Lipinski definition) is 0. The SMILES string of the molecule is CCC(C)C(C)C1C(CCN=O)C2CCC21. The predicted octanol–water partition coefficient (Wildman–Crippen LogP) is 4.10. The van der Waals surface area contributed by atoms with Gasteiger partial charge in [0.1, 0.15) is 0 Å². The summed E-state index contributed by atoms with van der Waals surface area (Å²) in [5.74, 6) is 5.34. The van der Waals surface area contributed by atoms with Crippen LogP contribution in [0.1, 0.15) is 46.5 Å². The van der Waals surface area contributed by atoms with Crippen molar-refractivity contribution in [2.24, 2.45) is 40.7 Å². The first-order chi connectivity index (χ1) is 7.70. The highest BCUT2D eigenvalue weighted by molar-refractivity contribution is 5.05. The molecule has 0 heterocycles. The molecule has 2 fully saturated rings. The zero-order valence-electron chi connectivity index (χ0n) is 10.9. The number of rotatable bonds is 6. The molecule has 0 saturated heterocycles. The predicted molar refractivity (Wildman–Crippen MR) is 67.1 cm³/mol. The van der Waals surface area contributed by atoms with Gasteiger partial charge in [0.25, 0.3) is 0 Å². The van der Waals surface area contributed by atoms with E-state index in [1.807, 2.05) is 0 Å². The Morgan fingerprint density at radius 3 is 2.44 bits per heavy atom. The Morgan fingerprint density at radius 1 is 1.25 bits per heavy atom. The minimum absolute atomic E-state index is 0.539. The first-order valence-electron chi connectivity index (χ1n) is 6.99. The maximum atomic E-state index is 10.3. The maximum Gasteiger partial charge on any atom is 0.0814 e. The van der Waals surface area contributed by atoms with Crippen molar-refractivity contribution >= 4 is 0 Å². The van der Waals surface area contributed by atoms with Gasteiger partial charge >= 0.3 is 0 Å². The molecule has 0 aromatic rings. The van der Waals surface area contributed by atoms with Crippen LogP contribution in [0.15, 0.2) is 5.18 Å². The van der Waals surface area contributed by atoms with Crippen molar-refractivity contribution in [3.63, 3.8) is 0 Å². The van der Waals surface area contributed by atoms with Crippen LogP contribution in [-0.4, -0.2) is 6.54 Å². The van der Waals surface area contributed by atoms with Crippen molar-refractivity contribution in [3.05, 3.63) is 4.91 Å². The van der Waals surface area contributed by atoms with Gasteiger partial charge in [-0.2, -0.15) is 4.91 Å². The van der Waals surface area contributed by atoms with E-state index in [-0.39, 0.29) is 0 Å². The van der Waals surface area contributed by atoms with Gasteiger partial charge in [0.15, 0.2) is 0 Å². The normalized spacial score (nSPS) is 40.2. The molecule has 6 atom stereocenters. The van der Waals surface area contributed by atoms with Gasteiger partial charge in [-0.15, -0.1) is 0 Å². The molecular weight excluding hydrogens is 198 g/mol. The molecular formula is C14H25NO. The Hall–Kier alpha value is -0.400. The molecule has 2 rings (SSSR count). The Balaban J connectivity index is 1.93. The second-order valence-corrected chi connectivity index (χ2v) is 6.03. The lowest BCUT2D eigenvalue weighted by Gasteiger charge is -2.62. The Bertz CT molecular complexity index is 253. The summed E-state index contributed by atoms with van der Waals surface area (Å²) in [5.41, 5.74) is 0. The van der Waals surface area contributed by atoms with Crippen LogP contribution in [0.3, 0.4) is 0 Å². The highest BCUT2D eigenvalue weighted by atomic mass is 16.3. The summed E-state index contributed by atoms with van der Waals surface area (Å²) >= 11 is 0. The molecule has 0 aromatic heterocycles. The third-order valence-corrected chi connectivity index (χ3v) is 5.62. The van der Waals surface area contributed by atoms with Crippen molar-refractivity contribution in [2.45, 2.75) is 46.5 Å². The number of hydrogen-bond acceptors (Lipinski definition) is 2. The molecule has 2 aliphatic rings. The standard InChI is InChI=1S/C14H25NO/c1-4-9(2)10(3)14-12-6-5-11(12)13(14)7-8-15-16/h9-14H,4-8H2,1-3H3. The molecule has 16 heavy (non-hydrogen) atoms. The molecule has 2 heteroatoms. The van der Waals surface area contributed by atoms with E-state index in [0.29, 0.717) is 6.54 Å². The van der Waals surface area contributed by atoms with Crippen molar-refractivity contribution in [2.75, 3.05) is 6.54 Å². The number of nitrogens with zero attached hydrogens (tertiary/aromatic N) is 1. The Morgan fingerprint density at radius 2 is 1.94 bits per heavy atom. The molecule has 0 N–H and O–H groups in total. The lowest BCUT2D eigenvalue weighted by molar-refractivity contribution is -0.138. The quantitative estimate of drug-likeness (QED) is 0.623. The molecule has 6 unspecified atom stereocenters. The largest absolute Gasteiger partial charge is 0.151 e. The molecule has 2 saturated carbocycles. The summed E-state index contributed by atoms with van der Waals surface area (Å²) in [4.78, 5) is 10.3. The highest BCUT2D eigenvalue weighted by Gasteiger charge is 2.56. The molecule has 0 spiro atoms. The van der Waals surface area contributed by atoms with Crippen LogP contribution >= 0.6 is 0 Å². The third kappa shape index (κ3) is 1.80. The van der Waals surface area contributed by atoms with Gasteiger partial charge in [0.2, 0.25) is 0 Å². The molecule has 0 aromatic carbocycles. The van der Waals surface area contributed by atoms with Gasteiger partial charge in [0, 0.05) is 0 Å². The topological polar surface area (TPSA) is 29.4 Å². The summed E-state index contributed by atoms with van der Waals surface area (Å²) in [5, 5.41) is 3.05. The fourth-order valence-electron chi connectivity index (χ4n) is 4.16. The van der Waals surface area contributed by atoms with Gasteiger partial charge < -0.3 is 0 Å². The van der Waals surface area contributed by atoms with Crippen LogP contribution in [0.25, 0.3) is 0 Å². The second-order valence-electron chi connectivity index (χ2n) is 6.03. The lowest BCUT2D eigenvalue weighted by atomic mass is 9.43. The highest BCUT2D eigenvalue weighted by Crippen LogP contribution is 2.62. The molecule has 0 radical (unpaired) electrons. The Labute approximate surface area is 99.2 Å². The van der Waals surface area contributed by atoms with E-state index in [1.54, 1.807) is 0 Å². The monoisotopic (exact) mass is 223 g/mol. The minimum atomic E-state index is 0.539. The van der Waals surface area contributed by atoms with Gasteiger partial charge in [0.05, 0.1) is 6.54 Å². The fraction of sp³-hybridized carbons (Fsp3) is 1.00. The molecule has 2 aliphatic carbocycles. The smallest absolute Gasteiger partial charge is 0.0814 e. The summed E-state index contributed by atoms with van der Waals surface area (Å²) in [7, 11) is 0. The number of nitroso groups, excluding NO2 is 1. The first-order valence-corrected chi connectivity index (χ1v) is 6.99. The van der Waals surface area contributed by atoms with Gasteiger partial charge in [-0.3, -0.25) is 0 Å². The van der Waals surface area contributed by atoms with E-state index in [1.165, 1.54) is 19.3 Å². The van der Waals surface area contributed by atoms with Gasteiger partial charge in [-0.25, -0.2) is 0 Å². The van der Waals surface area contributed by atoms with Gasteiger partial charge in [-0.05, 0) is 54.8 Å². The summed E-state index contributed by atoms with van der Waals surface area (Å²) in [6.07, 6.45) is 5.20. The fourth-order valence-corrected chi connectivity index (χ4v) is 4.16. The van der Waals surface area contributed by atoms with E-state index in [9.17, 15) is 4.91 Å². The van der Waals surface area contributed by atoms with Crippen LogP contribution in [-0.2, 0) is 0 Å². The zero-order chi connectivity index (χ0) is 11.7. The van der Waals surface area contributed by atoms with E-state index >= 15 is 0 Å². The third-order valence-electron chi connectivity index (χ3n) is 5.62. The van der Waals surface area contributed by atoms with Crippen molar-refractivity contribution in [1.82, 2.24) is 0 Å². The average molecular weight is 223 g/mol. The first kappa shape index (κ1) is 12.1. The van der Waals surface area contributed by atoms with Crippen LogP contribution in [0.5, 0.6) is 0 Å². The Kier molecular flexibility index (Phi) is 3.66. The summed E-state index contributed by atoms with van der Waals surface area (Å²) in [6.45, 7) is 7.64. The van der Waals surface area contributed by atoms with Crippen LogP contribution in [0, 0.1) is 40.4 Å². The van der Waals surface area contributed by atoms with Crippen molar-refractivity contribution < 1.29 is 0 Å². The van der Waals surface area contributed by atoms with Crippen LogP contribution in [0.4, 0.5) is 0 Å². The minimum Gasteiger partial charge on any atom is -0.151 e. The second kappa shape index (κ2) is 4.85. The van der Waals surface area contributed by atoms with E-state index in [2.05, 4.69) is 25.9 Å². The van der Waals surface area contributed by atoms with E-state index in [4.69, 9.17) is 0 Å². The van der Waals surface area contributed by atoms with Crippen LogP contribution in [0.2, 0.25) is 0 Å². The number of fused-ring (bicyclic) bond motifs is 1. The molecule has 0 aliphatic heterocycles. The van der Waals surface area contributed by atoms with Gasteiger partial charge in [-0.1, -0.05) is 32.4 Å². The zero-order valence-corrected chi connectivity index (χ0v) is 10.9. The summed E-state index contributed by atoms with van der Waals surface area (Å²) in [6, 6.07) is 0. The molecule has 0 bridgehead atoms. The van der Waals surface area contributed by atoms with Crippen LogP contribution < -0.4 is 0 Å². The van der Waals surface area contributed by atoms with E-state index < -0.39 is 0 Å². The lowest BCUT2D eigenvalue weighted by Crippen LogP contribution is -2.56. The average Bonchev–Trinajstić information content (AvgIpc) is 2.27.